The summed E-state index contributed by atoms with van der Waals surface area (Å²) in [7, 11) is 0. The van der Waals surface area contributed by atoms with Crippen molar-refractivity contribution in [3.8, 4) is 11.1 Å². The number of carbonyl (C=O) groups is 1. The van der Waals surface area contributed by atoms with Gasteiger partial charge in [0, 0.05) is 16.9 Å². The van der Waals surface area contributed by atoms with Gasteiger partial charge >= 0.3 is 0 Å². The van der Waals surface area contributed by atoms with Gasteiger partial charge in [0.15, 0.2) is 5.78 Å². The van der Waals surface area contributed by atoms with E-state index in [-0.39, 0.29) is 17.6 Å². The molecule has 2 nitrogen and oxygen atoms in total. The summed E-state index contributed by atoms with van der Waals surface area (Å²) in [5.41, 5.74) is 4.66. The normalized spacial score (nSPS) is 22.6. The molecule has 2 aromatic rings. The minimum absolute atomic E-state index is 0.0831. The molecule has 0 aliphatic heterocycles. The van der Waals surface area contributed by atoms with E-state index >= 15 is 0 Å². The molecule has 2 aliphatic rings. The summed E-state index contributed by atoms with van der Waals surface area (Å²) >= 11 is 5.99. The Labute approximate surface area is 153 Å². The van der Waals surface area contributed by atoms with Crippen LogP contribution in [0.3, 0.4) is 0 Å². The molecule has 1 fully saturated rings. The van der Waals surface area contributed by atoms with Crippen LogP contribution < -0.4 is 0 Å². The van der Waals surface area contributed by atoms with Crippen LogP contribution in [0.2, 0.25) is 5.02 Å². The Kier molecular flexibility index (Phi) is 4.16. The third-order valence-electron chi connectivity index (χ3n) is 5.63. The van der Waals surface area contributed by atoms with E-state index in [2.05, 4.69) is 25.1 Å². The number of fused-ring (bicyclic) bond motifs is 2. The van der Waals surface area contributed by atoms with Gasteiger partial charge in [-0.15, -0.1) is 0 Å². The zero-order valence-electron chi connectivity index (χ0n) is 14.3. The maximum Gasteiger partial charge on any atom is 0.169 e. The number of allylic oxidation sites excluding steroid dienone is 2. The van der Waals surface area contributed by atoms with Crippen molar-refractivity contribution in [3.63, 3.8) is 0 Å². The Hall–Kier alpha value is -2.06. The summed E-state index contributed by atoms with van der Waals surface area (Å²) in [6, 6.07) is 13.9. The number of aliphatic hydroxyl groups is 1. The van der Waals surface area contributed by atoms with Crippen LogP contribution in [0.25, 0.3) is 16.7 Å². The zero-order chi connectivity index (χ0) is 17.6. The van der Waals surface area contributed by atoms with E-state index in [0.717, 1.165) is 47.9 Å². The van der Waals surface area contributed by atoms with Crippen molar-refractivity contribution >= 4 is 23.0 Å². The third-order valence-corrected chi connectivity index (χ3v) is 5.88. The molecular formula is C22H21ClO2. The van der Waals surface area contributed by atoms with Gasteiger partial charge in [-0.3, -0.25) is 4.79 Å². The summed E-state index contributed by atoms with van der Waals surface area (Å²) < 4.78 is 0. The predicted molar refractivity (Wildman–Crippen MR) is 102 cm³/mol. The molecule has 1 saturated carbocycles. The van der Waals surface area contributed by atoms with E-state index < -0.39 is 0 Å². The first-order valence-electron chi connectivity index (χ1n) is 8.95. The number of aryl methyl sites for hydroxylation is 1. The number of aliphatic hydroxyl groups excluding tert-OH is 1. The van der Waals surface area contributed by atoms with Crippen molar-refractivity contribution in [2.24, 2.45) is 11.8 Å². The van der Waals surface area contributed by atoms with Crippen molar-refractivity contribution in [2.45, 2.75) is 32.6 Å². The molecule has 3 heteroatoms. The lowest BCUT2D eigenvalue weighted by Crippen LogP contribution is -2.22. The van der Waals surface area contributed by atoms with Crippen molar-refractivity contribution in [1.29, 1.82) is 0 Å². The second-order valence-corrected chi connectivity index (χ2v) is 7.50. The number of carbonyl (C=O) groups excluding carboxylic acids is 1. The lowest BCUT2D eigenvalue weighted by atomic mass is 9.81. The average Bonchev–Trinajstić information content (AvgIpc) is 3.08. The molecule has 2 aromatic carbocycles. The number of benzene rings is 2. The van der Waals surface area contributed by atoms with Crippen LogP contribution in [0.5, 0.6) is 0 Å². The number of hydrogen-bond donors (Lipinski definition) is 1. The molecule has 0 heterocycles. The fraction of sp³-hybridized carbons (Fsp3) is 0.318. The smallest absolute Gasteiger partial charge is 0.169 e. The minimum atomic E-state index is 0.0831. The molecule has 0 saturated heterocycles. The summed E-state index contributed by atoms with van der Waals surface area (Å²) in [6.45, 7) is 2.08. The molecule has 0 unspecified atom stereocenters. The van der Waals surface area contributed by atoms with E-state index in [1.54, 1.807) is 0 Å². The molecule has 4 rings (SSSR count). The van der Waals surface area contributed by atoms with E-state index in [9.17, 15) is 9.90 Å². The van der Waals surface area contributed by atoms with Crippen molar-refractivity contribution in [2.75, 3.05) is 0 Å². The van der Waals surface area contributed by atoms with Crippen molar-refractivity contribution in [1.82, 2.24) is 0 Å². The zero-order valence-corrected chi connectivity index (χ0v) is 15.0. The molecule has 2 aliphatic carbocycles. The van der Waals surface area contributed by atoms with Gasteiger partial charge in [-0.25, -0.2) is 0 Å². The summed E-state index contributed by atoms with van der Waals surface area (Å²) in [5, 5.41) is 11.4. The average molecular weight is 353 g/mol. The summed E-state index contributed by atoms with van der Waals surface area (Å²) in [6.07, 6.45) is 3.46. The Morgan fingerprint density at radius 3 is 2.44 bits per heavy atom. The fourth-order valence-electron chi connectivity index (χ4n) is 4.21. The largest absolute Gasteiger partial charge is 0.511 e. The monoisotopic (exact) mass is 352 g/mol. The Morgan fingerprint density at radius 2 is 1.72 bits per heavy atom. The fourth-order valence-corrected chi connectivity index (χ4v) is 4.34. The first-order chi connectivity index (χ1) is 12.1. The van der Waals surface area contributed by atoms with Crippen LogP contribution in [0.4, 0.5) is 0 Å². The van der Waals surface area contributed by atoms with Gasteiger partial charge in [0.25, 0.3) is 0 Å². The van der Waals surface area contributed by atoms with Crippen LogP contribution in [-0.4, -0.2) is 10.9 Å². The maximum atomic E-state index is 12.9. The molecule has 0 amide bonds. The number of halogens is 1. The molecule has 0 radical (unpaired) electrons. The van der Waals surface area contributed by atoms with Crippen LogP contribution in [0, 0.1) is 11.8 Å². The SMILES string of the molecule is CCc1ccc(-c2ccc(Cl)cc2)cc1C1=C(O)[C@@H]2CC[C@@H](C2)C1=O. The molecule has 2 atom stereocenters. The molecule has 0 aromatic heterocycles. The molecular weight excluding hydrogens is 332 g/mol. The Balaban J connectivity index is 1.86. The number of rotatable bonds is 3. The van der Waals surface area contributed by atoms with E-state index in [1.165, 1.54) is 0 Å². The van der Waals surface area contributed by atoms with Crippen LogP contribution in [0.1, 0.15) is 37.3 Å². The van der Waals surface area contributed by atoms with Crippen LogP contribution in [-0.2, 0) is 11.2 Å². The number of Topliss-reactive ketones (excluding diaryl/α,β-unsaturated/α-hetero) is 1. The lowest BCUT2D eigenvalue weighted by Gasteiger charge is -2.23. The lowest BCUT2D eigenvalue weighted by molar-refractivity contribution is -0.117. The highest BCUT2D eigenvalue weighted by Gasteiger charge is 2.41. The van der Waals surface area contributed by atoms with Crippen LogP contribution >= 0.6 is 11.6 Å². The molecule has 25 heavy (non-hydrogen) atoms. The van der Waals surface area contributed by atoms with Gasteiger partial charge in [-0.2, -0.15) is 0 Å². The number of ketones is 1. The second-order valence-electron chi connectivity index (χ2n) is 7.06. The Morgan fingerprint density at radius 1 is 1.04 bits per heavy atom. The number of hydrogen-bond acceptors (Lipinski definition) is 2. The first kappa shape index (κ1) is 16.4. The molecule has 128 valence electrons. The summed E-state index contributed by atoms with van der Waals surface area (Å²) in [4.78, 5) is 12.9. The van der Waals surface area contributed by atoms with Gasteiger partial charge in [0.05, 0.1) is 5.57 Å². The minimum Gasteiger partial charge on any atom is -0.511 e. The van der Waals surface area contributed by atoms with E-state index in [1.807, 2.05) is 24.3 Å². The highest BCUT2D eigenvalue weighted by atomic mass is 35.5. The van der Waals surface area contributed by atoms with Gasteiger partial charge in [-0.1, -0.05) is 42.8 Å². The summed E-state index contributed by atoms with van der Waals surface area (Å²) in [5.74, 6) is 0.664. The predicted octanol–water partition coefficient (Wildman–Crippen LogP) is 5.84. The van der Waals surface area contributed by atoms with E-state index in [0.29, 0.717) is 16.4 Å². The first-order valence-corrected chi connectivity index (χ1v) is 9.33. The van der Waals surface area contributed by atoms with E-state index in [4.69, 9.17) is 11.6 Å². The molecule has 1 N–H and O–H groups in total. The second kappa shape index (κ2) is 6.34. The topological polar surface area (TPSA) is 37.3 Å². The van der Waals surface area contributed by atoms with Gasteiger partial charge < -0.3 is 5.11 Å². The Bertz CT molecular complexity index is 864. The van der Waals surface area contributed by atoms with Crippen LogP contribution in [0.15, 0.2) is 48.2 Å². The quantitative estimate of drug-likeness (QED) is 0.753. The van der Waals surface area contributed by atoms with Crippen molar-refractivity contribution in [3.05, 3.63) is 64.4 Å². The maximum absolute atomic E-state index is 12.9. The molecule has 0 spiro atoms. The third kappa shape index (κ3) is 2.79. The highest BCUT2D eigenvalue weighted by molar-refractivity contribution is 6.30. The highest BCUT2D eigenvalue weighted by Crippen LogP contribution is 2.46. The molecule has 2 bridgehead atoms. The van der Waals surface area contributed by atoms with Gasteiger partial charge in [-0.05, 0) is 66.1 Å². The van der Waals surface area contributed by atoms with Gasteiger partial charge in [0.2, 0.25) is 0 Å². The standard InChI is InChI=1S/C22H21ClO2/c1-2-13-3-4-15(14-7-9-18(23)10-8-14)12-19(13)20-21(24)16-5-6-17(11-16)22(20)25/h3-4,7-10,12,16-17,24H,2,5-6,11H2,1H3/t16-,17+/m1/s1. The van der Waals surface area contributed by atoms with Crippen molar-refractivity contribution < 1.29 is 9.90 Å². The van der Waals surface area contributed by atoms with Gasteiger partial charge in [0.1, 0.15) is 5.76 Å².